The number of nitrogens with zero attached hydrogens (tertiary/aromatic N) is 1. The first-order valence-electron chi connectivity index (χ1n) is 6.94. The molecule has 20 heavy (non-hydrogen) atoms. The van der Waals surface area contributed by atoms with E-state index in [9.17, 15) is 9.59 Å². The summed E-state index contributed by atoms with van der Waals surface area (Å²) in [7, 11) is 0. The van der Waals surface area contributed by atoms with Crippen LogP contribution in [0.1, 0.15) is 26.2 Å². The first-order valence-corrected chi connectivity index (χ1v) is 6.94. The van der Waals surface area contributed by atoms with Gasteiger partial charge in [0.05, 0.1) is 6.42 Å². The molecule has 0 saturated carbocycles. The fourth-order valence-electron chi connectivity index (χ4n) is 2.25. The van der Waals surface area contributed by atoms with Crippen molar-refractivity contribution < 1.29 is 14.3 Å². The van der Waals surface area contributed by atoms with E-state index in [0.29, 0.717) is 17.9 Å². The Labute approximate surface area is 118 Å². The molecule has 2 rings (SSSR count). The Morgan fingerprint density at radius 1 is 1.20 bits per heavy atom. The molecule has 0 atom stereocenters. The molecule has 0 aliphatic carbocycles. The minimum atomic E-state index is -0.218. The average Bonchev–Trinajstić information content (AvgIpc) is 2.91. The molecule has 1 aliphatic rings. The second-order valence-electron chi connectivity index (χ2n) is 4.98. The Balaban J connectivity index is 1.76. The van der Waals surface area contributed by atoms with E-state index in [-0.39, 0.29) is 11.9 Å². The number of carbonyl (C=O) groups is 2. The number of esters is 1. The van der Waals surface area contributed by atoms with E-state index in [1.165, 1.54) is 19.8 Å². The van der Waals surface area contributed by atoms with Gasteiger partial charge >= 0.3 is 5.97 Å². The number of likely N-dealkylation sites (tertiary alicyclic amines) is 1. The third-order valence-corrected chi connectivity index (χ3v) is 3.24. The molecule has 1 aromatic rings. The Kier molecular flexibility index (Phi) is 5.12. The molecule has 5 nitrogen and oxygen atoms in total. The predicted molar refractivity (Wildman–Crippen MR) is 76.7 cm³/mol. The fourth-order valence-corrected chi connectivity index (χ4v) is 2.25. The third-order valence-electron chi connectivity index (χ3n) is 3.24. The van der Waals surface area contributed by atoms with Crippen molar-refractivity contribution in [2.45, 2.75) is 26.2 Å². The summed E-state index contributed by atoms with van der Waals surface area (Å²) in [5.41, 5.74) is 0.689. The summed E-state index contributed by atoms with van der Waals surface area (Å²) < 4.78 is 5.26. The molecular weight excluding hydrogens is 256 g/mol. The van der Waals surface area contributed by atoms with E-state index in [2.05, 4.69) is 10.2 Å². The number of amides is 1. The van der Waals surface area contributed by atoms with Crippen LogP contribution in [-0.2, 0) is 9.59 Å². The summed E-state index contributed by atoms with van der Waals surface area (Å²) in [4.78, 5) is 24.9. The van der Waals surface area contributed by atoms with Crippen molar-refractivity contribution in [1.82, 2.24) is 4.90 Å². The number of carbonyl (C=O) groups excluding carboxylic acids is 2. The van der Waals surface area contributed by atoms with E-state index in [0.717, 1.165) is 19.6 Å². The van der Waals surface area contributed by atoms with Gasteiger partial charge in [-0.05, 0) is 50.2 Å². The van der Waals surface area contributed by atoms with Gasteiger partial charge in [0.15, 0.2) is 0 Å². The van der Waals surface area contributed by atoms with Gasteiger partial charge in [-0.15, -0.1) is 0 Å². The van der Waals surface area contributed by atoms with Crippen LogP contribution in [0.4, 0.5) is 5.69 Å². The molecule has 108 valence electrons. The quantitative estimate of drug-likeness (QED) is 0.660. The molecule has 0 spiro atoms. The molecule has 1 aliphatic heterocycles. The summed E-state index contributed by atoms with van der Waals surface area (Å²) in [5, 5.41) is 2.66. The summed E-state index contributed by atoms with van der Waals surface area (Å²) in [6.07, 6.45) is 2.85. The number of nitrogens with one attached hydrogen (secondary N) is 1. The molecule has 1 N–H and O–H groups in total. The molecule has 0 radical (unpaired) electrons. The SMILES string of the molecule is CC(=O)Nc1ccc(OC(=O)CCN2CCCC2)cc1. The second kappa shape index (κ2) is 7.05. The Hall–Kier alpha value is -1.88. The van der Waals surface area contributed by atoms with Gasteiger partial charge in [0, 0.05) is 19.2 Å². The van der Waals surface area contributed by atoms with Crippen LogP contribution in [0, 0.1) is 0 Å². The number of anilines is 1. The van der Waals surface area contributed by atoms with Crippen LogP contribution in [0.5, 0.6) is 5.75 Å². The number of benzene rings is 1. The summed E-state index contributed by atoms with van der Waals surface area (Å²) in [6.45, 7) is 4.38. The third kappa shape index (κ3) is 4.66. The van der Waals surface area contributed by atoms with Crippen LogP contribution in [-0.4, -0.2) is 36.4 Å². The van der Waals surface area contributed by atoms with Gasteiger partial charge in [0.2, 0.25) is 5.91 Å². The van der Waals surface area contributed by atoms with Crippen molar-refractivity contribution in [2.75, 3.05) is 25.0 Å². The zero-order valence-corrected chi connectivity index (χ0v) is 11.7. The number of ether oxygens (including phenoxy) is 1. The fraction of sp³-hybridized carbons (Fsp3) is 0.467. The van der Waals surface area contributed by atoms with Gasteiger partial charge < -0.3 is 15.0 Å². The lowest BCUT2D eigenvalue weighted by atomic mass is 10.3. The molecule has 1 aromatic carbocycles. The summed E-state index contributed by atoms with van der Waals surface area (Å²) in [5.74, 6) is 0.162. The molecule has 1 heterocycles. The summed E-state index contributed by atoms with van der Waals surface area (Å²) >= 11 is 0. The highest BCUT2D eigenvalue weighted by atomic mass is 16.5. The highest BCUT2D eigenvalue weighted by Gasteiger charge is 2.13. The maximum Gasteiger partial charge on any atom is 0.312 e. The van der Waals surface area contributed by atoms with Gasteiger partial charge in [0.25, 0.3) is 0 Å². The van der Waals surface area contributed by atoms with Crippen LogP contribution in [0.15, 0.2) is 24.3 Å². The van der Waals surface area contributed by atoms with Gasteiger partial charge in [0.1, 0.15) is 5.75 Å². The van der Waals surface area contributed by atoms with Crippen LogP contribution >= 0.6 is 0 Å². The lowest BCUT2D eigenvalue weighted by molar-refractivity contribution is -0.134. The maximum atomic E-state index is 11.7. The zero-order chi connectivity index (χ0) is 14.4. The lowest BCUT2D eigenvalue weighted by Gasteiger charge is -2.13. The molecule has 1 amide bonds. The predicted octanol–water partition coefficient (Wildman–Crippen LogP) is 2.04. The highest BCUT2D eigenvalue weighted by Crippen LogP contribution is 2.16. The van der Waals surface area contributed by atoms with Crippen LogP contribution < -0.4 is 10.1 Å². The van der Waals surface area contributed by atoms with Crippen molar-refractivity contribution >= 4 is 17.6 Å². The van der Waals surface area contributed by atoms with Crippen molar-refractivity contribution in [1.29, 1.82) is 0 Å². The monoisotopic (exact) mass is 276 g/mol. The average molecular weight is 276 g/mol. The number of hydrogen-bond acceptors (Lipinski definition) is 4. The van der Waals surface area contributed by atoms with Crippen LogP contribution in [0.3, 0.4) is 0 Å². The van der Waals surface area contributed by atoms with E-state index in [4.69, 9.17) is 4.74 Å². The van der Waals surface area contributed by atoms with E-state index in [1.807, 2.05) is 0 Å². The molecule has 0 unspecified atom stereocenters. The topological polar surface area (TPSA) is 58.6 Å². The van der Waals surface area contributed by atoms with E-state index < -0.39 is 0 Å². The Bertz CT molecular complexity index is 465. The standard InChI is InChI=1S/C15H20N2O3/c1-12(18)16-13-4-6-14(7-5-13)20-15(19)8-11-17-9-2-3-10-17/h4-7H,2-3,8-11H2,1H3,(H,16,18). The molecule has 1 fully saturated rings. The second-order valence-corrected chi connectivity index (χ2v) is 4.98. The largest absolute Gasteiger partial charge is 0.426 e. The maximum absolute atomic E-state index is 11.7. The first kappa shape index (κ1) is 14.5. The van der Waals surface area contributed by atoms with Crippen LogP contribution in [0.25, 0.3) is 0 Å². The van der Waals surface area contributed by atoms with Crippen molar-refractivity contribution in [3.8, 4) is 5.75 Å². The van der Waals surface area contributed by atoms with E-state index >= 15 is 0 Å². The number of rotatable bonds is 5. The zero-order valence-electron chi connectivity index (χ0n) is 11.7. The highest BCUT2D eigenvalue weighted by molar-refractivity contribution is 5.88. The van der Waals surface area contributed by atoms with Gasteiger partial charge in [-0.25, -0.2) is 0 Å². The molecule has 0 aromatic heterocycles. The number of hydrogen-bond donors (Lipinski definition) is 1. The smallest absolute Gasteiger partial charge is 0.312 e. The summed E-state index contributed by atoms with van der Waals surface area (Å²) in [6, 6.07) is 6.78. The molecule has 5 heteroatoms. The first-order chi connectivity index (χ1) is 9.63. The van der Waals surface area contributed by atoms with Crippen LogP contribution in [0.2, 0.25) is 0 Å². The molecule has 1 saturated heterocycles. The normalized spacial score (nSPS) is 15.1. The van der Waals surface area contributed by atoms with E-state index in [1.54, 1.807) is 24.3 Å². The minimum absolute atomic E-state index is 0.125. The van der Waals surface area contributed by atoms with Gasteiger partial charge in [-0.2, -0.15) is 0 Å². The Morgan fingerprint density at radius 3 is 2.45 bits per heavy atom. The van der Waals surface area contributed by atoms with Gasteiger partial charge in [-0.3, -0.25) is 9.59 Å². The van der Waals surface area contributed by atoms with Crippen molar-refractivity contribution in [2.24, 2.45) is 0 Å². The molecule has 0 bridgehead atoms. The minimum Gasteiger partial charge on any atom is -0.426 e. The molecular formula is C15H20N2O3. The van der Waals surface area contributed by atoms with Gasteiger partial charge in [-0.1, -0.05) is 0 Å². The Morgan fingerprint density at radius 2 is 1.85 bits per heavy atom. The lowest BCUT2D eigenvalue weighted by Crippen LogP contribution is -2.24. The van der Waals surface area contributed by atoms with Crippen molar-refractivity contribution in [3.05, 3.63) is 24.3 Å². The van der Waals surface area contributed by atoms with Crippen molar-refractivity contribution in [3.63, 3.8) is 0 Å².